The van der Waals surface area contributed by atoms with E-state index in [1.54, 1.807) is 4.31 Å². The predicted molar refractivity (Wildman–Crippen MR) is 76.1 cm³/mol. The summed E-state index contributed by atoms with van der Waals surface area (Å²) in [5, 5.41) is 2.86. The van der Waals surface area contributed by atoms with Gasteiger partial charge in [-0.25, -0.2) is 8.42 Å². The second-order valence-electron chi connectivity index (χ2n) is 5.65. The average molecular weight is 276 g/mol. The van der Waals surface area contributed by atoms with E-state index >= 15 is 0 Å². The minimum Gasteiger partial charge on any atom is -0.315 e. The van der Waals surface area contributed by atoms with Gasteiger partial charge < -0.3 is 5.32 Å². The standard InChI is InChI=1S/C13H28N2O2S/c1-5-7-14-10-13(4)18(16,17)15-8-6-11(2)9-12(15)3/h11-14H,5-10H2,1-4H3. The summed E-state index contributed by atoms with van der Waals surface area (Å²) >= 11 is 0. The van der Waals surface area contributed by atoms with E-state index < -0.39 is 10.0 Å². The molecule has 1 aliphatic heterocycles. The van der Waals surface area contributed by atoms with Gasteiger partial charge in [-0.1, -0.05) is 13.8 Å². The van der Waals surface area contributed by atoms with E-state index in [4.69, 9.17) is 0 Å². The van der Waals surface area contributed by atoms with Crippen molar-refractivity contribution >= 4 is 10.0 Å². The third kappa shape index (κ3) is 3.93. The lowest BCUT2D eigenvalue weighted by molar-refractivity contribution is 0.218. The Labute approximate surface area is 112 Å². The molecule has 5 heteroatoms. The first kappa shape index (κ1) is 15.9. The van der Waals surface area contributed by atoms with Crippen molar-refractivity contribution < 1.29 is 8.42 Å². The zero-order valence-electron chi connectivity index (χ0n) is 12.1. The maximum Gasteiger partial charge on any atom is 0.218 e. The summed E-state index contributed by atoms with van der Waals surface area (Å²) in [6, 6.07) is 0.146. The maximum atomic E-state index is 12.5. The Kier molecular flexibility index (Phi) is 6.08. The van der Waals surface area contributed by atoms with Gasteiger partial charge in [0.2, 0.25) is 10.0 Å². The molecule has 3 atom stereocenters. The average Bonchev–Trinajstić information content (AvgIpc) is 2.28. The summed E-state index contributed by atoms with van der Waals surface area (Å²) in [6.07, 6.45) is 3.00. The molecule has 0 bridgehead atoms. The molecule has 1 fully saturated rings. The van der Waals surface area contributed by atoms with Gasteiger partial charge >= 0.3 is 0 Å². The van der Waals surface area contributed by atoms with Crippen LogP contribution >= 0.6 is 0 Å². The molecule has 0 amide bonds. The Morgan fingerprint density at radius 3 is 2.61 bits per heavy atom. The van der Waals surface area contributed by atoms with Gasteiger partial charge in [-0.05, 0) is 45.6 Å². The zero-order valence-corrected chi connectivity index (χ0v) is 13.0. The fourth-order valence-electron chi connectivity index (χ4n) is 2.58. The molecular weight excluding hydrogens is 248 g/mol. The fraction of sp³-hybridized carbons (Fsp3) is 1.00. The van der Waals surface area contributed by atoms with Crippen LogP contribution in [0.3, 0.4) is 0 Å². The lowest BCUT2D eigenvalue weighted by Gasteiger charge is -2.37. The SMILES string of the molecule is CCCNCC(C)S(=O)(=O)N1CCC(C)CC1C. The summed E-state index contributed by atoms with van der Waals surface area (Å²) in [6.45, 7) is 10.2. The smallest absolute Gasteiger partial charge is 0.218 e. The number of nitrogens with zero attached hydrogens (tertiary/aromatic N) is 1. The molecule has 18 heavy (non-hydrogen) atoms. The number of sulfonamides is 1. The Balaban J connectivity index is 2.61. The molecular formula is C13H28N2O2S. The molecule has 1 rings (SSSR count). The molecule has 0 aromatic carbocycles. The summed E-state index contributed by atoms with van der Waals surface area (Å²) < 4.78 is 26.7. The largest absolute Gasteiger partial charge is 0.315 e. The van der Waals surface area contributed by atoms with Crippen LogP contribution in [0.1, 0.15) is 47.0 Å². The number of hydrogen-bond donors (Lipinski definition) is 1. The number of rotatable bonds is 6. The summed E-state index contributed by atoms with van der Waals surface area (Å²) in [4.78, 5) is 0. The van der Waals surface area contributed by atoms with Crippen molar-refractivity contribution in [3.63, 3.8) is 0 Å². The fourth-order valence-corrected chi connectivity index (χ4v) is 4.32. The first-order valence-electron chi connectivity index (χ1n) is 7.11. The molecule has 0 aliphatic carbocycles. The third-order valence-electron chi connectivity index (χ3n) is 3.77. The van der Waals surface area contributed by atoms with Gasteiger partial charge in [0.05, 0.1) is 5.25 Å². The molecule has 0 radical (unpaired) electrons. The molecule has 4 nitrogen and oxygen atoms in total. The van der Waals surface area contributed by atoms with E-state index in [9.17, 15) is 8.42 Å². The van der Waals surface area contributed by atoms with Crippen LogP contribution in [0.15, 0.2) is 0 Å². The number of hydrogen-bond acceptors (Lipinski definition) is 3. The summed E-state index contributed by atoms with van der Waals surface area (Å²) in [5.41, 5.74) is 0. The highest BCUT2D eigenvalue weighted by Gasteiger charge is 2.35. The second-order valence-corrected chi connectivity index (χ2v) is 7.95. The minimum absolute atomic E-state index is 0.146. The van der Waals surface area contributed by atoms with Crippen LogP contribution < -0.4 is 5.32 Å². The molecule has 108 valence electrons. The number of piperidine rings is 1. The lowest BCUT2D eigenvalue weighted by Crippen LogP contribution is -2.49. The summed E-state index contributed by atoms with van der Waals surface area (Å²) in [5.74, 6) is 0.639. The van der Waals surface area contributed by atoms with Crippen LogP contribution in [0.2, 0.25) is 0 Å². The maximum absolute atomic E-state index is 12.5. The van der Waals surface area contributed by atoms with E-state index in [0.29, 0.717) is 19.0 Å². The van der Waals surface area contributed by atoms with Gasteiger partial charge in [0, 0.05) is 19.1 Å². The van der Waals surface area contributed by atoms with Crippen LogP contribution in [0.5, 0.6) is 0 Å². The predicted octanol–water partition coefficient (Wildman–Crippen LogP) is 1.82. The van der Waals surface area contributed by atoms with Crippen LogP contribution in [0, 0.1) is 5.92 Å². The summed E-state index contributed by atoms with van der Waals surface area (Å²) in [7, 11) is -3.14. The van der Waals surface area contributed by atoms with Gasteiger partial charge in [-0.15, -0.1) is 0 Å². The van der Waals surface area contributed by atoms with E-state index in [1.165, 1.54) is 0 Å². The Morgan fingerprint density at radius 1 is 1.39 bits per heavy atom. The zero-order chi connectivity index (χ0) is 13.8. The highest BCUT2D eigenvalue weighted by atomic mass is 32.2. The van der Waals surface area contributed by atoms with Crippen molar-refractivity contribution in [2.24, 2.45) is 5.92 Å². The first-order chi connectivity index (χ1) is 8.39. The quantitative estimate of drug-likeness (QED) is 0.753. The second kappa shape index (κ2) is 6.87. The van der Waals surface area contributed by atoms with Crippen molar-refractivity contribution in [2.45, 2.75) is 58.2 Å². The minimum atomic E-state index is -3.14. The molecule has 1 aliphatic rings. The topological polar surface area (TPSA) is 49.4 Å². The van der Waals surface area contributed by atoms with Crippen molar-refractivity contribution in [1.82, 2.24) is 9.62 Å². The molecule has 0 aromatic heterocycles. The van der Waals surface area contributed by atoms with E-state index in [1.807, 2.05) is 13.8 Å². The molecule has 0 aromatic rings. The molecule has 3 unspecified atom stereocenters. The Morgan fingerprint density at radius 2 is 2.06 bits per heavy atom. The molecule has 1 saturated heterocycles. The van der Waals surface area contributed by atoms with Crippen LogP contribution in [-0.2, 0) is 10.0 Å². The molecule has 1 N–H and O–H groups in total. The highest BCUT2D eigenvalue weighted by Crippen LogP contribution is 2.26. The normalized spacial score (nSPS) is 28.2. The third-order valence-corrected chi connectivity index (χ3v) is 6.15. The number of nitrogens with one attached hydrogen (secondary N) is 1. The van der Waals surface area contributed by atoms with E-state index in [2.05, 4.69) is 19.2 Å². The van der Waals surface area contributed by atoms with Gasteiger partial charge in [0.25, 0.3) is 0 Å². The first-order valence-corrected chi connectivity index (χ1v) is 8.61. The van der Waals surface area contributed by atoms with Crippen LogP contribution in [-0.4, -0.2) is 43.6 Å². The van der Waals surface area contributed by atoms with Crippen molar-refractivity contribution in [2.75, 3.05) is 19.6 Å². The molecule has 1 heterocycles. The van der Waals surface area contributed by atoms with Crippen molar-refractivity contribution in [3.05, 3.63) is 0 Å². The van der Waals surface area contributed by atoms with Gasteiger partial charge in [0.15, 0.2) is 0 Å². The Bertz CT molecular complexity index is 343. The molecule has 0 spiro atoms. The highest BCUT2D eigenvalue weighted by molar-refractivity contribution is 7.89. The van der Waals surface area contributed by atoms with E-state index in [-0.39, 0.29) is 11.3 Å². The van der Waals surface area contributed by atoms with Gasteiger partial charge in [-0.2, -0.15) is 4.31 Å². The van der Waals surface area contributed by atoms with E-state index in [0.717, 1.165) is 25.8 Å². The lowest BCUT2D eigenvalue weighted by atomic mass is 9.95. The Hall–Kier alpha value is -0.130. The molecule has 0 saturated carbocycles. The van der Waals surface area contributed by atoms with Gasteiger partial charge in [-0.3, -0.25) is 0 Å². The van der Waals surface area contributed by atoms with Crippen LogP contribution in [0.25, 0.3) is 0 Å². The van der Waals surface area contributed by atoms with Gasteiger partial charge in [0.1, 0.15) is 0 Å². The van der Waals surface area contributed by atoms with Crippen LogP contribution in [0.4, 0.5) is 0 Å². The van der Waals surface area contributed by atoms with Crippen molar-refractivity contribution in [3.8, 4) is 0 Å². The van der Waals surface area contributed by atoms with Crippen molar-refractivity contribution in [1.29, 1.82) is 0 Å². The monoisotopic (exact) mass is 276 g/mol.